The van der Waals surface area contributed by atoms with Crippen molar-refractivity contribution in [2.24, 2.45) is 0 Å². The number of benzene rings is 1. The molecule has 0 radical (unpaired) electrons. The van der Waals surface area contributed by atoms with Crippen molar-refractivity contribution in [2.45, 2.75) is 51.0 Å². The van der Waals surface area contributed by atoms with Gasteiger partial charge in [0.15, 0.2) is 0 Å². The molecule has 1 atom stereocenters. The first-order valence-corrected chi connectivity index (χ1v) is 8.16. The number of carbonyl (C=O) groups is 1. The molecule has 1 unspecified atom stereocenters. The summed E-state index contributed by atoms with van der Waals surface area (Å²) in [4.78, 5) is 14.5. The number of carbonyl (C=O) groups excluding carboxylic acids is 1. The summed E-state index contributed by atoms with van der Waals surface area (Å²) >= 11 is 0. The van der Waals surface area contributed by atoms with E-state index in [1.807, 2.05) is 18.0 Å². The highest BCUT2D eigenvalue weighted by Gasteiger charge is 2.35. The number of hydrogen-bond donors (Lipinski definition) is 1. The molecule has 0 aliphatic carbocycles. The van der Waals surface area contributed by atoms with Crippen LogP contribution in [0, 0.1) is 0 Å². The van der Waals surface area contributed by atoms with Crippen molar-refractivity contribution in [1.29, 1.82) is 0 Å². The molecule has 1 aliphatic rings. The molecule has 3 heteroatoms. The van der Waals surface area contributed by atoms with Gasteiger partial charge in [-0.25, -0.2) is 0 Å². The van der Waals surface area contributed by atoms with Crippen LogP contribution in [-0.4, -0.2) is 36.5 Å². The number of nitrogens with zero attached hydrogens (tertiary/aromatic N) is 1. The van der Waals surface area contributed by atoms with Crippen molar-refractivity contribution in [3.8, 4) is 0 Å². The Kier molecular flexibility index (Phi) is 5.80. The van der Waals surface area contributed by atoms with Gasteiger partial charge in [0.1, 0.15) is 0 Å². The van der Waals surface area contributed by atoms with Gasteiger partial charge < -0.3 is 10.2 Å². The Morgan fingerprint density at radius 2 is 2.00 bits per heavy atom. The number of nitrogens with one attached hydrogen (secondary N) is 1. The van der Waals surface area contributed by atoms with Crippen LogP contribution in [0.3, 0.4) is 0 Å². The second kappa shape index (κ2) is 7.60. The van der Waals surface area contributed by atoms with Crippen molar-refractivity contribution >= 4 is 5.91 Å². The normalized spacial score (nSPS) is 22.0. The summed E-state index contributed by atoms with van der Waals surface area (Å²) in [6.07, 6.45) is 6.58. The quantitative estimate of drug-likeness (QED) is 0.816. The second-order valence-electron chi connectivity index (χ2n) is 6.39. The summed E-state index contributed by atoms with van der Waals surface area (Å²) in [5.41, 5.74) is 1.04. The molecule has 1 aromatic carbocycles. The van der Waals surface area contributed by atoms with E-state index >= 15 is 0 Å². The zero-order valence-corrected chi connectivity index (χ0v) is 13.4. The fourth-order valence-electron chi connectivity index (χ4n) is 3.08. The first-order chi connectivity index (χ1) is 10.1. The predicted octanol–water partition coefficient (Wildman–Crippen LogP) is 3.00. The third-order valence-corrected chi connectivity index (χ3v) is 4.49. The van der Waals surface area contributed by atoms with E-state index < -0.39 is 0 Å². The largest absolute Gasteiger partial charge is 0.344 e. The van der Waals surface area contributed by atoms with Crippen LogP contribution in [0.15, 0.2) is 30.3 Å². The number of aryl methyl sites for hydroxylation is 1. The van der Waals surface area contributed by atoms with Gasteiger partial charge in [0.2, 0.25) is 5.91 Å². The molecule has 0 bridgehead atoms. The summed E-state index contributed by atoms with van der Waals surface area (Å²) in [6.45, 7) is 3.86. The van der Waals surface area contributed by atoms with Crippen LogP contribution in [0.4, 0.5) is 0 Å². The maximum absolute atomic E-state index is 12.5. The lowest BCUT2D eigenvalue weighted by atomic mass is 9.89. The second-order valence-corrected chi connectivity index (χ2v) is 6.39. The van der Waals surface area contributed by atoms with Gasteiger partial charge in [-0.05, 0) is 57.6 Å². The molecule has 1 fully saturated rings. The van der Waals surface area contributed by atoms with Crippen LogP contribution in [0.5, 0.6) is 0 Å². The molecule has 0 spiro atoms. The summed E-state index contributed by atoms with van der Waals surface area (Å²) in [7, 11) is 1.94. The first kappa shape index (κ1) is 16.0. The van der Waals surface area contributed by atoms with Gasteiger partial charge in [-0.1, -0.05) is 30.3 Å². The molecule has 1 aromatic rings. The van der Waals surface area contributed by atoms with Gasteiger partial charge in [-0.3, -0.25) is 4.79 Å². The Hall–Kier alpha value is -1.35. The standard InChI is InChI=1S/C18H28N2O/c1-18(13-7-8-14-19-18)17(21)20(2)15-9-6-12-16-10-4-3-5-11-16/h3-5,10-11,19H,6-9,12-15H2,1-2H3. The first-order valence-electron chi connectivity index (χ1n) is 8.16. The fraction of sp³-hybridized carbons (Fsp3) is 0.611. The number of unbranched alkanes of at least 4 members (excludes halogenated alkanes) is 1. The fourth-order valence-corrected chi connectivity index (χ4v) is 3.08. The van der Waals surface area contributed by atoms with Crippen LogP contribution in [0.1, 0.15) is 44.6 Å². The average Bonchev–Trinajstić information content (AvgIpc) is 2.52. The Bertz CT molecular complexity index is 438. The molecule has 1 amide bonds. The van der Waals surface area contributed by atoms with Gasteiger partial charge in [0, 0.05) is 13.6 Å². The minimum absolute atomic E-state index is 0.252. The molecular weight excluding hydrogens is 260 g/mol. The summed E-state index contributed by atoms with van der Waals surface area (Å²) in [6, 6.07) is 10.6. The predicted molar refractivity (Wildman–Crippen MR) is 87.3 cm³/mol. The lowest BCUT2D eigenvalue weighted by Crippen LogP contribution is -2.57. The van der Waals surface area contributed by atoms with Gasteiger partial charge in [0.05, 0.1) is 5.54 Å². The lowest BCUT2D eigenvalue weighted by molar-refractivity contribution is -0.137. The van der Waals surface area contributed by atoms with E-state index in [1.54, 1.807) is 0 Å². The van der Waals surface area contributed by atoms with E-state index in [0.29, 0.717) is 0 Å². The monoisotopic (exact) mass is 288 g/mol. The molecule has 0 saturated carbocycles. The van der Waals surface area contributed by atoms with Crippen molar-refractivity contribution in [2.75, 3.05) is 20.1 Å². The molecule has 1 heterocycles. The van der Waals surface area contributed by atoms with Gasteiger partial charge in [-0.2, -0.15) is 0 Å². The van der Waals surface area contributed by atoms with Crippen LogP contribution < -0.4 is 5.32 Å². The third-order valence-electron chi connectivity index (χ3n) is 4.49. The molecule has 0 aromatic heterocycles. The maximum Gasteiger partial charge on any atom is 0.242 e. The highest BCUT2D eigenvalue weighted by Crippen LogP contribution is 2.21. The summed E-state index contributed by atoms with van der Waals surface area (Å²) in [5.74, 6) is 0.252. The zero-order chi connectivity index (χ0) is 15.1. The Balaban J connectivity index is 1.71. The average molecular weight is 288 g/mol. The van der Waals surface area contributed by atoms with Crippen molar-refractivity contribution in [1.82, 2.24) is 10.2 Å². The van der Waals surface area contributed by atoms with E-state index in [-0.39, 0.29) is 11.4 Å². The van der Waals surface area contributed by atoms with E-state index in [4.69, 9.17) is 0 Å². The Morgan fingerprint density at radius 3 is 2.67 bits per heavy atom. The van der Waals surface area contributed by atoms with Gasteiger partial charge in [-0.15, -0.1) is 0 Å². The maximum atomic E-state index is 12.5. The SMILES string of the molecule is CN(CCCCc1ccccc1)C(=O)C1(C)CCCCN1. The van der Waals surface area contributed by atoms with E-state index in [0.717, 1.165) is 45.2 Å². The van der Waals surface area contributed by atoms with Gasteiger partial charge >= 0.3 is 0 Å². The van der Waals surface area contributed by atoms with Crippen molar-refractivity contribution in [3.05, 3.63) is 35.9 Å². The molecule has 2 rings (SSSR count). The highest BCUT2D eigenvalue weighted by atomic mass is 16.2. The number of likely N-dealkylation sites (N-methyl/N-ethyl adjacent to an activating group) is 1. The van der Waals surface area contributed by atoms with E-state index in [1.165, 1.54) is 12.0 Å². The van der Waals surface area contributed by atoms with Crippen LogP contribution in [-0.2, 0) is 11.2 Å². The number of piperidine rings is 1. The van der Waals surface area contributed by atoms with Crippen molar-refractivity contribution < 1.29 is 4.79 Å². The van der Waals surface area contributed by atoms with E-state index in [9.17, 15) is 4.79 Å². The minimum atomic E-state index is -0.341. The topological polar surface area (TPSA) is 32.3 Å². The van der Waals surface area contributed by atoms with E-state index in [2.05, 4.69) is 36.5 Å². The lowest BCUT2D eigenvalue weighted by Gasteiger charge is -2.36. The van der Waals surface area contributed by atoms with Crippen molar-refractivity contribution in [3.63, 3.8) is 0 Å². The van der Waals surface area contributed by atoms with Crippen LogP contribution in [0.2, 0.25) is 0 Å². The number of amides is 1. The highest BCUT2D eigenvalue weighted by molar-refractivity contribution is 5.85. The minimum Gasteiger partial charge on any atom is -0.344 e. The molecule has 3 nitrogen and oxygen atoms in total. The Labute approximate surface area is 128 Å². The molecule has 21 heavy (non-hydrogen) atoms. The molecule has 116 valence electrons. The molecule has 1 saturated heterocycles. The van der Waals surface area contributed by atoms with Crippen LogP contribution in [0.25, 0.3) is 0 Å². The Morgan fingerprint density at radius 1 is 1.24 bits per heavy atom. The summed E-state index contributed by atoms with van der Waals surface area (Å²) < 4.78 is 0. The molecule has 1 N–H and O–H groups in total. The molecular formula is C18H28N2O. The van der Waals surface area contributed by atoms with Crippen LogP contribution >= 0.6 is 0 Å². The smallest absolute Gasteiger partial charge is 0.242 e. The zero-order valence-electron chi connectivity index (χ0n) is 13.4. The number of rotatable bonds is 6. The van der Waals surface area contributed by atoms with Gasteiger partial charge in [0.25, 0.3) is 0 Å². The summed E-state index contributed by atoms with van der Waals surface area (Å²) in [5, 5.41) is 3.40. The molecule has 1 aliphatic heterocycles. The third kappa shape index (κ3) is 4.57. The number of hydrogen-bond acceptors (Lipinski definition) is 2.